The SMILES string of the molecule is Cc1cc(CNC(=O)N2CCCC2C(=O)N2CCCCC2)ccc1F. The molecule has 1 atom stereocenters. The zero-order valence-corrected chi connectivity index (χ0v) is 14.8. The van der Waals surface area contributed by atoms with Gasteiger partial charge in [-0.2, -0.15) is 0 Å². The van der Waals surface area contributed by atoms with Gasteiger partial charge in [-0.25, -0.2) is 9.18 Å². The number of amides is 3. The molecule has 25 heavy (non-hydrogen) atoms. The summed E-state index contributed by atoms with van der Waals surface area (Å²) < 4.78 is 13.3. The van der Waals surface area contributed by atoms with Crippen LogP contribution in [0.25, 0.3) is 0 Å². The second kappa shape index (κ2) is 7.85. The summed E-state index contributed by atoms with van der Waals surface area (Å²) in [4.78, 5) is 28.8. The summed E-state index contributed by atoms with van der Waals surface area (Å²) in [6.07, 6.45) is 4.87. The minimum Gasteiger partial charge on any atom is -0.341 e. The van der Waals surface area contributed by atoms with Crippen LogP contribution in [-0.4, -0.2) is 47.4 Å². The first-order chi connectivity index (χ1) is 12.1. The third-order valence-electron chi connectivity index (χ3n) is 5.13. The van der Waals surface area contributed by atoms with Gasteiger partial charge in [0.15, 0.2) is 0 Å². The molecule has 5 nitrogen and oxygen atoms in total. The van der Waals surface area contributed by atoms with Gasteiger partial charge in [0.2, 0.25) is 5.91 Å². The lowest BCUT2D eigenvalue weighted by atomic mass is 10.1. The monoisotopic (exact) mass is 347 g/mol. The maximum atomic E-state index is 13.3. The van der Waals surface area contributed by atoms with Gasteiger partial charge in [0.25, 0.3) is 0 Å². The molecule has 3 amide bonds. The molecule has 2 fully saturated rings. The van der Waals surface area contributed by atoms with Crippen molar-refractivity contribution in [2.45, 2.75) is 51.6 Å². The van der Waals surface area contributed by atoms with Crippen LogP contribution >= 0.6 is 0 Å². The number of likely N-dealkylation sites (tertiary alicyclic amines) is 2. The van der Waals surface area contributed by atoms with Crippen LogP contribution in [0.1, 0.15) is 43.2 Å². The Kier molecular flexibility index (Phi) is 5.56. The van der Waals surface area contributed by atoms with E-state index in [-0.39, 0.29) is 23.8 Å². The van der Waals surface area contributed by atoms with Crippen LogP contribution in [0.4, 0.5) is 9.18 Å². The van der Waals surface area contributed by atoms with Gasteiger partial charge in [-0.15, -0.1) is 0 Å². The highest BCUT2D eigenvalue weighted by Crippen LogP contribution is 2.21. The number of piperidine rings is 1. The van der Waals surface area contributed by atoms with E-state index >= 15 is 0 Å². The topological polar surface area (TPSA) is 52.7 Å². The molecule has 2 aliphatic heterocycles. The Balaban J connectivity index is 1.58. The first-order valence-corrected chi connectivity index (χ1v) is 9.14. The fourth-order valence-electron chi connectivity index (χ4n) is 3.69. The van der Waals surface area contributed by atoms with Crippen molar-refractivity contribution in [3.05, 3.63) is 35.1 Å². The summed E-state index contributed by atoms with van der Waals surface area (Å²) in [5, 5.41) is 2.87. The van der Waals surface area contributed by atoms with Gasteiger partial charge in [-0.1, -0.05) is 12.1 Å². The second-order valence-electron chi connectivity index (χ2n) is 6.98. The van der Waals surface area contributed by atoms with Crippen LogP contribution in [0.5, 0.6) is 0 Å². The quantitative estimate of drug-likeness (QED) is 0.914. The molecule has 3 rings (SSSR count). The van der Waals surface area contributed by atoms with E-state index in [0.717, 1.165) is 44.3 Å². The van der Waals surface area contributed by atoms with Crippen molar-refractivity contribution < 1.29 is 14.0 Å². The fraction of sp³-hybridized carbons (Fsp3) is 0.579. The van der Waals surface area contributed by atoms with E-state index < -0.39 is 0 Å². The van der Waals surface area contributed by atoms with Crippen LogP contribution in [0, 0.1) is 12.7 Å². The Morgan fingerprint density at radius 3 is 2.64 bits per heavy atom. The van der Waals surface area contributed by atoms with Crippen molar-refractivity contribution in [3.63, 3.8) is 0 Å². The van der Waals surface area contributed by atoms with E-state index in [1.165, 1.54) is 12.5 Å². The Labute approximate surface area is 148 Å². The minimum atomic E-state index is -0.340. The van der Waals surface area contributed by atoms with Gasteiger partial charge >= 0.3 is 6.03 Å². The smallest absolute Gasteiger partial charge is 0.318 e. The maximum absolute atomic E-state index is 13.3. The molecule has 2 saturated heterocycles. The highest BCUT2D eigenvalue weighted by molar-refractivity contribution is 5.87. The van der Waals surface area contributed by atoms with E-state index in [2.05, 4.69) is 5.32 Å². The summed E-state index contributed by atoms with van der Waals surface area (Å²) in [7, 11) is 0. The van der Waals surface area contributed by atoms with E-state index in [1.54, 1.807) is 24.0 Å². The lowest BCUT2D eigenvalue weighted by molar-refractivity contribution is -0.136. The number of halogens is 1. The Hall–Kier alpha value is -2.11. The van der Waals surface area contributed by atoms with Crippen LogP contribution in [0.3, 0.4) is 0 Å². The van der Waals surface area contributed by atoms with Crippen LogP contribution in [-0.2, 0) is 11.3 Å². The summed E-state index contributed by atoms with van der Waals surface area (Å²) in [6, 6.07) is 4.26. The van der Waals surface area contributed by atoms with Crippen molar-refractivity contribution in [2.24, 2.45) is 0 Å². The summed E-state index contributed by atoms with van der Waals surface area (Å²) in [5.74, 6) is -0.160. The molecule has 1 aromatic rings. The van der Waals surface area contributed by atoms with Crippen molar-refractivity contribution in [1.82, 2.24) is 15.1 Å². The molecule has 0 saturated carbocycles. The number of hydrogen-bond acceptors (Lipinski definition) is 2. The molecule has 136 valence electrons. The van der Waals surface area contributed by atoms with Crippen LogP contribution in [0.15, 0.2) is 18.2 Å². The van der Waals surface area contributed by atoms with Crippen molar-refractivity contribution in [2.75, 3.05) is 19.6 Å². The second-order valence-corrected chi connectivity index (χ2v) is 6.98. The van der Waals surface area contributed by atoms with Crippen LogP contribution < -0.4 is 5.32 Å². The van der Waals surface area contributed by atoms with Crippen molar-refractivity contribution in [3.8, 4) is 0 Å². The molecule has 0 bridgehead atoms. The number of rotatable bonds is 3. The van der Waals surface area contributed by atoms with E-state index in [0.29, 0.717) is 18.7 Å². The first-order valence-electron chi connectivity index (χ1n) is 9.14. The third-order valence-corrected chi connectivity index (χ3v) is 5.13. The maximum Gasteiger partial charge on any atom is 0.318 e. The zero-order valence-electron chi connectivity index (χ0n) is 14.8. The Bertz CT molecular complexity index is 644. The molecule has 0 aliphatic carbocycles. The number of benzene rings is 1. The van der Waals surface area contributed by atoms with Gasteiger partial charge in [0.1, 0.15) is 11.9 Å². The van der Waals surface area contributed by atoms with E-state index in [4.69, 9.17) is 0 Å². The van der Waals surface area contributed by atoms with E-state index in [9.17, 15) is 14.0 Å². The zero-order chi connectivity index (χ0) is 17.8. The normalized spacial score (nSPS) is 20.6. The molecular weight excluding hydrogens is 321 g/mol. The average Bonchev–Trinajstić information content (AvgIpc) is 3.12. The molecule has 2 aliphatic rings. The van der Waals surface area contributed by atoms with Gasteiger partial charge in [0, 0.05) is 26.2 Å². The average molecular weight is 347 g/mol. The predicted molar refractivity (Wildman–Crippen MR) is 93.5 cm³/mol. The molecule has 0 radical (unpaired) electrons. The number of carbonyl (C=O) groups is 2. The first kappa shape index (κ1) is 17.7. The summed E-state index contributed by atoms with van der Waals surface area (Å²) >= 11 is 0. The molecule has 0 aromatic heterocycles. The molecule has 1 unspecified atom stereocenters. The van der Waals surface area contributed by atoms with Crippen molar-refractivity contribution >= 4 is 11.9 Å². The molecular formula is C19H26FN3O2. The number of hydrogen-bond donors (Lipinski definition) is 1. The Morgan fingerprint density at radius 2 is 1.92 bits per heavy atom. The largest absolute Gasteiger partial charge is 0.341 e. The van der Waals surface area contributed by atoms with Gasteiger partial charge < -0.3 is 15.1 Å². The van der Waals surface area contributed by atoms with Gasteiger partial charge in [-0.3, -0.25) is 4.79 Å². The fourth-order valence-corrected chi connectivity index (χ4v) is 3.69. The van der Waals surface area contributed by atoms with Gasteiger partial charge in [-0.05, 0) is 56.2 Å². The lowest BCUT2D eigenvalue weighted by Gasteiger charge is -2.32. The predicted octanol–water partition coefficient (Wildman–Crippen LogP) is 2.82. The van der Waals surface area contributed by atoms with E-state index in [1.807, 2.05) is 4.90 Å². The summed E-state index contributed by atoms with van der Waals surface area (Å²) in [5.41, 5.74) is 1.41. The minimum absolute atomic E-state index is 0.0879. The highest BCUT2D eigenvalue weighted by atomic mass is 19.1. The van der Waals surface area contributed by atoms with Crippen LogP contribution in [0.2, 0.25) is 0 Å². The number of nitrogens with one attached hydrogen (secondary N) is 1. The van der Waals surface area contributed by atoms with Gasteiger partial charge in [0.05, 0.1) is 0 Å². The van der Waals surface area contributed by atoms with Crippen molar-refractivity contribution in [1.29, 1.82) is 0 Å². The third kappa shape index (κ3) is 4.11. The molecule has 0 spiro atoms. The molecule has 1 aromatic carbocycles. The molecule has 6 heteroatoms. The number of aryl methyl sites for hydroxylation is 1. The highest BCUT2D eigenvalue weighted by Gasteiger charge is 2.36. The number of urea groups is 1. The molecule has 2 heterocycles. The molecule has 1 N–H and O–H groups in total. The standard InChI is InChI=1S/C19H26FN3O2/c1-14-12-15(7-8-16(14)20)13-21-19(25)23-11-5-6-17(23)18(24)22-9-3-2-4-10-22/h7-8,12,17H,2-6,9-11,13H2,1H3,(H,21,25). The number of carbonyl (C=O) groups excluding carboxylic acids is 2. The summed E-state index contributed by atoms with van der Waals surface area (Å²) in [6.45, 7) is 4.26. The number of nitrogens with zero attached hydrogens (tertiary/aromatic N) is 2. The Morgan fingerprint density at radius 1 is 1.16 bits per heavy atom. The lowest BCUT2D eigenvalue weighted by Crippen LogP contribution is -2.51.